The number of hydrogen-bond acceptors (Lipinski definition) is 3. The second-order valence-corrected chi connectivity index (χ2v) is 6.98. The van der Waals surface area contributed by atoms with Crippen molar-refractivity contribution in [3.8, 4) is 0 Å². The minimum atomic E-state index is -3.61. The Balaban J connectivity index is 2.17. The normalized spacial score (nSPS) is 21.5. The van der Waals surface area contributed by atoms with Crippen LogP contribution in [0.15, 0.2) is 23.1 Å². The lowest BCUT2D eigenvalue weighted by Gasteiger charge is -2.20. The highest BCUT2D eigenvalue weighted by Crippen LogP contribution is 2.24. The summed E-state index contributed by atoms with van der Waals surface area (Å²) in [6.07, 6.45) is 1.80. The topological polar surface area (TPSA) is 55.4 Å². The molecule has 19 heavy (non-hydrogen) atoms. The highest BCUT2D eigenvalue weighted by Gasteiger charge is 2.27. The van der Waals surface area contributed by atoms with E-state index in [1.807, 2.05) is 13.8 Å². The van der Waals surface area contributed by atoms with E-state index in [9.17, 15) is 8.42 Å². The lowest BCUT2D eigenvalue weighted by Crippen LogP contribution is -2.40. The lowest BCUT2D eigenvalue weighted by atomic mass is 10.1. The molecule has 1 aliphatic heterocycles. The highest BCUT2D eigenvalue weighted by atomic mass is 35.5. The zero-order chi connectivity index (χ0) is 14.0. The summed E-state index contributed by atoms with van der Waals surface area (Å²) in [5.41, 5.74) is 0.927. The average Bonchev–Trinajstić information content (AvgIpc) is 2.80. The van der Waals surface area contributed by atoms with Gasteiger partial charge in [0.15, 0.2) is 0 Å². The summed E-state index contributed by atoms with van der Waals surface area (Å²) < 4.78 is 32.7. The first-order valence-corrected chi connectivity index (χ1v) is 8.16. The number of ether oxygens (including phenoxy) is 1. The first-order chi connectivity index (χ1) is 8.90. The molecule has 2 atom stereocenters. The molecule has 0 unspecified atom stereocenters. The molecular formula is C13H18ClNO3S. The summed E-state index contributed by atoms with van der Waals surface area (Å²) in [4.78, 5) is 0.115. The van der Waals surface area contributed by atoms with Gasteiger partial charge in [-0.05, 0) is 44.4 Å². The molecule has 0 aliphatic carbocycles. The van der Waals surface area contributed by atoms with Crippen molar-refractivity contribution in [1.29, 1.82) is 0 Å². The Morgan fingerprint density at radius 2 is 2.21 bits per heavy atom. The van der Waals surface area contributed by atoms with E-state index >= 15 is 0 Å². The van der Waals surface area contributed by atoms with Crippen LogP contribution in [0.1, 0.15) is 25.3 Å². The predicted octanol–water partition coefficient (Wildman–Crippen LogP) is 2.49. The number of nitrogens with one attached hydrogen (secondary N) is 1. The summed E-state index contributed by atoms with van der Waals surface area (Å²) in [7, 11) is -3.61. The molecule has 0 saturated carbocycles. The van der Waals surface area contributed by atoms with Crippen LogP contribution in [0.2, 0.25) is 5.02 Å². The minimum absolute atomic E-state index is 0.0565. The SMILES string of the molecule is Cc1ccc(S(=O)(=O)N[C@H](C)[C@H]2CCCO2)c(Cl)c1. The van der Waals surface area contributed by atoms with Gasteiger partial charge in [0.05, 0.1) is 11.1 Å². The van der Waals surface area contributed by atoms with Gasteiger partial charge in [-0.15, -0.1) is 0 Å². The molecule has 1 aromatic rings. The van der Waals surface area contributed by atoms with Crippen LogP contribution in [-0.2, 0) is 14.8 Å². The fourth-order valence-electron chi connectivity index (χ4n) is 2.20. The standard InChI is InChI=1S/C13H18ClNO3S/c1-9-5-6-13(11(14)8-9)19(16,17)15-10(2)12-4-3-7-18-12/h5-6,8,10,12,15H,3-4,7H2,1-2H3/t10-,12-/m1/s1. The minimum Gasteiger partial charge on any atom is -0.377 e. The molecule has 1 fully saturated rings. The monoisotopic (exact) mass is 303 g/mol. The molecule has 0 aromatic heterocycles. The van der Waals surface area contributed by atoms with Crippen molar-refractivity contribution in [3.05, 3.63) is 28.8 Å². The molecular weight excluding hydrogens is 286 g/mol. The van der Waals surface area contributed by atoms with Gasteiger partial charge >= 0.3 is 0 Å². The molecule has 106 valence electrons. The molecule has 0 bridgehead atoms. The molecule has 1 aliphatic rings. The smallest absolute Gasteiger partial charge is 0.242 e. The van der Waals surface area contributed by atoms with Crippen molar-refractivity contribution < 1.29 is 13.2 Å². The van der Waals surface area contributed by atoms with Gasteiger partial charge in [-0.1, -0.05) is 17.7 Å². The lowest BCUT2D eigenvalue weighted by molar-refractivity contribution is 0.0902. The number of halogens is 1. The number of benzene rings is 1. The van der Waals surface area contributed by atoms with E-state index < -0.39 is 10.0 Å². The van der Waals surface area contributed by atoms with Crippen molar-refractivity contribution in [3.63, 3.8) is 0 Å². The van der Waals surface area contributed by atoms with Gasteiger partial charge in [-0.3, -0.25) is 0 Å². The summed E-state index contributed by atoms with van der Waals surface area (Å²) in [6, 6.07) is 4.65. The summed E-state index contributed by atoms with van der Waals surface area (Å²) in [5.74, 6) is 0. The van der Waals surface area contributed by atoms with Gasteiger partial charge in [-0.2, -0.15) is 0 Å². The quantitative estimate of drug-likeness (QED) is 0.930. The van der Waals surface area contributed by atoms with Crippen LogP contribution in [0.3, 0.4) is 0 Å². The van der Waals surface area contributed by atoms with E-state index in [1.54, 1.807) is 12.1 Å². The zero-order valence-corrected chi connectivity index (χ0v) is 12.6. The van der Waals surface area contributed by atoms with Gasteiger partial charge in [-0.25, -0.2) is 13.1 Å². The molecule has 0 radical (unpaired) electrons. The summed E-state index contributed by atoms with van der Waals surface area (Å²) in [6.45, 7) is 4.38. The fraction of sp³-hybridized carbons (Fsp3) is 0.538. The van der Waals surface area contributed by atoms with Crippen molar-refractivity contribution >= 4 is 21.6 Å². The predicted molar refractivity (Wildman–Crippen MR) is 74.9 cm³/mol. The zero-order valence-electron chi connectivity index (χ0n) is 11.0. The molecule has 1 saturated heterocycles. The van der Waals surface area contributed by atoms with Crippen LogP contribution < -0.4 is 4.72 Å². The first kappa shape index (κ1) is 14.8. The van der Waals surface area contributed by atoms with E-state index in [0.717, 1.165) is 18.4 Å². The van der Waals surface area contributed by atoms with Crippen molar-refractivity contribution in [2.75, 3.05) is 6.61 Å². The van der Waals surface area contributed by atoms with Gasteiger partial charge < -0.3 is 4.74 Å². The molecule has 0 amide bonds. The molecule has 1 aromatic carbocycles. The van der Waals surface area contributed by atoms with Crippen LogP contribution in [0.5, 0.6) is 0 Å². The molecule has 2 rings (SSSR count). The van der Waals surface area contributed by atoms with Crippen molar-refractivity contribution in [2.45, 2.75) is 43.7 Å². The second-order valence-electron chi connectivity index (χ2n) is 4.90. The first-order valence-electron chi connectivity index (χ1n) is 6.30. The molecule has 0 spiro atoms. The Bertz CT molecular complexity index is 553. The molecule has 4 nitrogen and oxygen atoms in total. The molecule has 1 N–H and O–H groups in total. The van der Waals surface area contributed by atoms with Crippen LogP contribution in [0.4, 0.5) is 0 Å². The van der Waals surface area contributed by atoms with Crippen LogP contribution >= 0.6 is 11.6 Å². The van der Waals surface area contributed by atoms with Crippen molar-refractivity contribution in [1.82, 2.24) is 4.72 Å². The second kappa shape index (κ2) is 5.79. The number of sulfonamides is 1. The Kier molecular flexibility index (Phi) is 4.50. The highest BCUT2D eigenvalue weighted by molar-refractivity contribution is 7.89. The van der Waals surface area contributed by atoms with Crippen LogP contribution in [0, 0.1) is 6.92 Å². The maximum atomic E-state index is 12.3. The largest absolute Gasteiger partial charge is 0.377 e. The van der Waals surface area contributed by atoms with Crippen LogP contribution in [-0.4, -0.2) is 27.2 Å². The van der Waals surface area contributed by atoms with Gasteiger partial charge in [0.2, 0.25) is 10.0 Å². The Labute approximate surface area is 119 Å². The van der Waals surface area contributed by atoms with E-state index in [1.165, 1.54) is 6.07 Å². The average molecular weight is 304 g/mol. The maximum absolute atomic E-state index is 12.3. The molecule has 1 heterocycles. The van der Waals surface area contributed by atoms with Crippen LogP contribution in [0.25, 0.3) is 0 Å². The third-order valence-electron chi connectivity index (χ3n) is 3.24. The Hall–Kier alpha value is -0.620. The van der Waals surface area contributed by atoms with Gasteiger partial charge in [0, 0.05) is 12.6 Å². The Morgan fingerprint density at radius 1 is 1.47 bits per heavy atom. The van der Waals surface area contributed by atoms with Crippen molar-refractivity contribution in [2.24, 2.45) is 0 Å². The Morgan fingerprint density at radius 3 is 2.79 bits per heavy atom. The third-order valence-corrected chi connectivity index (χ3v) is 5.28. The maximum Gasteiger partial charge on any atom is 0.242 e. The van der Waals surface area contributed by atoms with Gasteiger partial charge in [0.1, 0.15) is 4.90 Å². The van der Waals surface area contributed by atoms with E-state index in [0.29, 0.717) is 6.61 Å². The molecule has 6 heteroatoms. The van der Waals surface area contributed by atoms with E-state index in [4.69, 9.17) is 16.3 Å². The number of aryl methyl sites for hydroxylation is 1. The summed E-state index contributed by atoms with van der Waals surface area (Å²) in [5, 5.41) is 0.243. The summed E-state index contributed by atoms with van der Waals surface area (Å²) >= 11 is 6.01. The van der Waals surface area contributed by atoms with E-state index in [-0.39, 0.29) is 22.1 Å². The number of hydrogen-bond donors (Lipinski definition) is 1. The van der Waals surface area contributed by atoms with Gasteiger partial charge in [0.25, 0.3) is 0 Å². The fourth-order valence-corrected chi connectivity index (χ4v) is 4.08. The third kappa shape index (κ3) is 3.48. The number of rotatable bonds is 4. The van der Waals surface area contributed by atoms with E-state index in [2.05, 4.69) is 4.72 Å².